The summed E-state index contributed by atoms with van der Waals surface area (Å²) in [6, 6.07) is 9.48. The molecule has 0 unspecified atom stereocenters. The highest BCUT2D eigenvalue weighted by molar-refractivity contribution is 6.30. The molecule has 2 heterocycles. The van der Waals surface area contributed by atoms with E-state index in [4.69, 9.17) is 22.3 Å². The van der Waals surface area contributed by atoms with E-state index in [0.29, 0.717) is 6.54 Å². The van der Waals surface area contributed by atoms with Crippen molar-refractivity contribution >= 4 is 28.6 Å². The van der Waals surface area contributed by atoms with Crippen LogP contribution in [0.3, 0.4) is 0 Å². The quantitative estimate of drug-likeness (QED) is 0.724. The number of rotatable bonds is 3. The Morgan fingerprint density at radius 1 is 1.15 bits per heavy atom. The van der Waals surface area contributed by atoms with Crippen molar-refractivity contribution in [1.29, 1.82) is 0 Å². The smallest absolute Gasteiger partial charge is 0.206 e. The van der Waals surface area contributed by atoms with Crippen LogP contribution in [0.2, 0.25) is 5.02 Å². The zero-order chi connectivity index (χ0) is 19.1. The second-order valence-electron chi connectivity index (χ2n) is 7.50. The lowest BCUT2D eigenvalue weighted by molar-refractivity contribution is 0.491. The third kappa shape index (κ3) is 3.54. The fourth-order valence-electron chi connectivity index (χ4n) is 3.68. The van der Waals surface area contributed by atoms with E-state index in [2.05, 4.69) is 35.4 Å². The number of halogens is 2. The van der Waals surface area contributed by atoms with E-state index in [-0.39, 0.29) is 11.1 Å². The molecule has 0 spiro atoms. The van der Waals surface area contributed by atoms with Gasteiger partial charge in [0, 0.05) is 19.1 Å². The molecular weight excluding hydrogens is 363 g/mol. The van der Waals surface area contributed by atoms with Crippen molar-refractivity contribution in [2.24, 2.45) is 5.73 Å². The van der Waals surface area contributed by atoms with Gasteiger partial charge in [0.1, 0.15) is 5.82 Å². The van der Waals surface area contributed by atoms with Gasteiger partial charge >= 0.3 is 0 Å². The van der Waals surface area contributed by atoms with Crippen LogP contribution in [0, 0.1) is 19.7 Å². The molecule has 4 nitrogen and oxygen atoms in total. The maximum atomic E-state index is 13.6. The Balaban J connectivity index is 1.80. The normalized spacial score (nSPS) is 15.7. The molecule has 2 aromatic carbocycles. The molecule has 0 saturated carbocycles. The number of nitrogens with two attached hydrogens (primary N) is 1. The summed E-state index contributed by atoms with van der Waals surface area (Å²) in [6.07, 6.45) is 1.92. The van der Waals surface area contributed by atoms with Crippen molar-refractivity contribution in [2.45, 2.75) is 39.3 Å². The van der Waals surface area contributed by atoms with Gasteiger partial charge in [-0.05, 0) is 67.6 Å². The highest BCUT2D eigenvalue weighted by Gasteiger charge is 2.22. The first-order valence-corrected chi connectivity index (χ1v) is 9.72. The van der Waals surface area contributed by atoms with E-state index >= 15 is 0 Å². The monoisotopic (exact) mass is 386 g/mol. The molecule has 3 aromatic rings. The number of nitrogens with zero attached hydrogens (tertiary/aromatic N) is 3. The van der Waals surface area contributed by atoms with E-state index in [1.54, 1.807) is 12.1 Å². The van der Waals surface area contributed by atoms with Crippen molar-refractivity contribution in [1.82, 2.24) is 9.55 Å². The van der Waals surface area contributed by atoms with Gasteiger partial charge in [0.15, 0.2) is 0 Å². The minimum atomic E-state index is -0.396. The number of aromatic nitrogens is 2. The molecule has 4 rings (SSSR count). The maximum Gasteiger partial charge on any atom is 0.206 e. The minimum Gasteiger partial charge on any atom is -0.342 e. The molecule has 0 amide bonds. The fraction of sp³-hybridized carbons (Fsp3) is 0.381. The second-order valence-corrected chi connectivity index (χ2v) is 7.90. The zero-order valence-corrected chi connectivity index (χ0v) is 16.4. The lowest BCUT2D eigenvalue weighted by Crippen LogP contribution is -2.40. The standard InChI is InChI=1S/C21H24ClFN4/c1-13-9-19-20(10-14(13)2)27(12-15-3-4-18(23)17(22)11-15)21(25-19)26-7-5-16(24)6-8-26/h3-4,9-11,16H,5-8,12,24H2,1-2H3. The molecule has 1 fully saturated rings. The molecule has 0 aliphatic carbocycles. The van der Waals surface area contributed by atoms with Gasteiger partial charge in [0.25, 0.3) is 0 Å². The number of imidazole rings is 1. The lowest BCUT2D eigenvalue weighted by Gasteiger charge is -2.31. The van der Waals surface area contributed by atoms with Gasteiger partial charge in [-0.25, -0.2) is 9.37 Å². The van der Waals surface area contributed by atoms with Crippen LogP contribution in [-0.4, -0.2) is 28.7 Å². The topological polar surface area (TPSA) is 47.1 Å². The largest absolute Gasteiger partial charge is 0.342 e. The average molecular weight is 387 g/mol. The molecule has 6 heteroatoms. The first-order chi connectivity index (χ1) is 12.9. The summed E-state index contributed by atoms with van der Waals surface area (Å²) in [6.45, 7) is 6.60. The Kier molecular flexibility index (Phi) is 4.82. The van der Waals surface area contributed by atoms with E-state index in [0.717, 1.165) is 48.5 Å². The Hall–Kier alpha value is -2.11. The second kappa shape index (κ2) is 7.13. The predicted octanol–water partition coefficient (Wildman–Crippen LogP) is 4.42. The van der Waals surface area contributed by atoms with E-state index in [1.165, 1.54) is 17.2 Å². The summed E-state index contributed by atoms with van der Waals surface area (Å²) >= 11 is 6.00. The minimum absolute atomic E-state index is 0.148. The lowest BCUT2D eigenvalue weighted by atomic mass is 10.1. The Morgan fingerprint density at radius 2 is 1.85 bits per heavy atom. The fourth-order valence-corrected chi connectivity index (χ4v) is 3.89. The predicted molar refractivity (Wildman–Crippen MR) is 109 cm³/mol. The van der Waals surface area contributed by atoms with Gasteiger partial charge in [0.05, 0.1) is 22.6 Å². The summed E-state index contributed by atoms with van der Waals surface area (Å²) in [5.74, 6) is 0.551. The molecule has 0 bridgehead atoms. The van der Waals surface area contributed by atoms with Crippen LogP contribution in [-0.2, 0) is 6.54 Å². The summed E-state index contributed by atoms with van der Waals surface area (Å²) in [7, 11) is 0. The van der Waals surface area contributed by atoms with Crippen LogP contribution in [0.25, 0.3) is 11.0 Å². The van der Waals surface area contributed by atoms with Crippen LogP contribution < -0.4 is 10.6 Å². The third-order valence-corrected chi connectivity index (χ3v) is 5.78. The highest BCUT2D eigenvalue weighted by Crippen LogP contribution is 2.29. The molecule has 2 N–H and O–H groups in total. The molecule has 1 aliphatic heterocycles. The first kappa shape index (κ1) is 18.3. The third-order valence-electron chi connectivity index (χ3n) is 5.49. The average Bonchev–Trinajstić information content (AvgIpc) is 2.97. The highest BCUT2D eigenvalue weighted by atomic mass is 35.5. The first-order valence-electron chi connectivity index (χ1n) is 9.34. The number of hydrogen-bond acceptors (Lipinski definition) is 3. The molecule has 0 atom stereocenters. The van der Waals surface area contributed by atoms with Crippen LogP contribution in [0.15, 0.2) is 30.3 Å². The molecule has 0 radical (unpaired) electrons. The molecule has 1 saturated heterocycles. The van der Waals surface area contributed by atoms with Crippen LogP contribution >= 0.6 is 11.6 Å². The Bertz CT molecular complexity index is 990. The van der Waals surface area contributed by atoms with Gasteiger partial charge in [-0.1, -0.05) is 17.7 Å². The number of fused-ring (bicyclic) bond motifs is 1. The number of piperidine rings is 1. The maximum absolute atomic E-state index is 13.6. The molecule has 27 heavy (non-hydrogen) atoms. The number of hydrogen-bond donors (Lipinski definition) is 1. The van der Waals surface area contributed by atoms with Crippen LogP contribution in [0.1, 0.15) is 29.5 Å². The number of benzene rings is 2. The summed E-state index contributed by atoms with van der Waals surface area (Å²) in [5.41, 5.74) is 11.6. The van der Waals surface area contributed by atoms with Crippen LogP contribution in [0.5, 0.6) is 0 Å². The summed E-state index contributed by atoms with van der Waals surface area (Å²) in [4.78, 5) is 7.25. The van der Waals surface area contributed by atoms with E-state index in [1.807, 2.05) is 0 Å². The SMILES string of the molecule is Cc1cc2nc(N3CCC(N)CC3)n(Cc3ccc(F)c(Cl)c3)c2cc1C. The summed E-state index contributed by atoms with van der Waals surface area (Å²) < 4.78 is 15.8. The Morgan fingerprint density at radius 3 is 2.56 bits per heavy atom. The summed E-state index contributed by atoms with van der Waals surface area (Å²) in [5, 5.41) is 0.148. The van der Waals surface area contributed by atoms with Gasteiger partial charge in [-0.15, -0.1) is 0 Å². The van der Waals surface area contributed by atoms with Crippen molar-refractivity contribution in [2.75, 3.05) is 18.0 Å². The van der Waals surface area contributed by atoms with E-state index in [9.17, 15) is 4.39 Å². The van der Waals surface area contributed by atoms with Crippen LogP contribution in [0.4, 0.5) is 10.3 Å². The van der Waals surface area contributed by atoms with Gasteiger partial charge < -0.3 is 15.2 Å². The van der Waals surface area contributed by atoms with Crippen molar-refractivity contribution < 1.29 is 4.39 Å². The van der Waals surface area contributed by atoms with E-state index < -0.39 is 5.82 Å². The Labute approximate surface area is 163 Å². The molecular formula is C21H24ClFN4. The van der Waals surface area contributed by atoms with Gasteiger partial charge in [-0.3, -0.25) is 0 Å². The van der Waals surface area contributed by atoms with Crippen molar-refractivity contribution in [3.63, 3.8) is 0 Å². The van der Waals surface area contributed by atoms with Crippen molar-refractivity contribution in [3.05, 3.63) is 57.9 Å². The number of anilines is 1. The van der Waals surface area contributed by atoms with Gasteiger partial charge in [0.2, 0.25) is 5.95 Å². The van der Waals surface area contributed by atoms with Crippen molar-refractivity contribution in [3.8, 4) is 0 Å². The molecule has 1 aromatic heterocycles. The number of aryl methyl sites for hydroxylation is 2. The molecule has 1 aliphatic rings. The zero-order valence-electron chi connectivity index (χ0n) is 15.7. The van der Waals surface area contributed by atoms with Gasteiger partial charge in [-0.2, -0.15) is 0 Å². The molecule has 142 valence electrons.